The van der Waals surface area contributed by atoms with E-state index in [1.807, 2.05) is 38.1 Å². The summed E-state index contributed by atoms with van der Waals surface area (Å²) in [5, 5.41) is 28.6. The molecule has 0 aliphatic carbocycles. The van der Waals surface area contributed by atoms with Crippen LogP contribution < -0.4 is 9.64 Å². The van der Waals surface area contributed by atoms with Gasteiger partial charge in [0.05, 0.1) is 6.61 Å². The Balaban J connectivity index is 1.49. The van der Waals surface area contributed by atoms with Gasteiger partial charge in [-0.05, 0) is 92.4 Å². The van der Waals surface area contributed by atoms with Crippen LogP contribution in [0.2, 0.25) is 0 Å². The van der Waals surface area contributed by atoms with Gasteiger partial charge in [0.25, 0.3) is 0 Å². The standard InChI is InChI=1S/C40H45ClN4O2S/c1-38(2)17-20-45-21-18-39(3,4)34-35(45)33(38)23-27(37(34)46-22-10-8-7-9-19-41)11-12-29-13-14-30(48-29)15-16-32-31(26-44)36(28(24-42)25-43)47-40(32,5)6/h11-16,23H,7-10,17-22H2,1-6H3/b12-11+,16-15+. The number of halogens is 1. The molecule has 5 rings (SSSR count). The van der Waals surface area contributed by atoms with Crippen LogP contribution in [0.25, 0.3) is 18.2 Å². The predicted molar refractivity (Wildman–Crippen MR) is 197 cm³/mol. The molecule has 4 heterocycles. The van der Waals surface area contributed by atoms with Crippen LogP contribution in [-0.2, 0) is 15.6 Å². The number of alkyl halides is 1. The smallest absolute Gasteiger partial charge is 0.172 e. The number of thiophene rings is 1. The van der Waals surface area contributed by atoms with Crippen LogP contribution in [0.3, 0.4) is 0 Å². The zero-order valence-electron chi connectivity index (χ0n) is 29.0. The molecule has 0 radical (unpaired) electrons. The van der Waals surface area contributed by atoms with E-state index in [1.54, 1.807) is 11.3 Å². The Morgan fingerprint density at radius 2 is 1.56 bits per heavy atom. The van der Waals surface area contributed by atoms with Crippen LogP contribution in [-0.4, -0.2) is 31.2 Å². The predicted octanol–water partition coefficient (Wildman–Crippen LogP) is 10.2. The topological polar surface area (TPSA) is 93.1 Å². The van der Waals surface area contributed by atoms with E-state index < -0.39 is 5.60 Å². The van der Waals surface area contributed by atoms with E-state index in [9.17, 15) is 15.8 Å². The molecular weight excluding hydrogens is 636 g/mol. The maximum absolute atomic E-state index is 9.88. The number of hydrogen-bond donors (Lipinski definition) is 0. The molecule has 1 aromatic heterocycles. The number of nitrogens with zero attached hydrogens (tertiary/aromatic N) is 4. The molecule has 0 saturated heterocycles. The van der Waals surface area contributed by atoms with Crippen molar-refractivity contribution in [3.8, 4) is 24.0 Å². The van der Waals surface area contributed by atoms with Crippen LogP contribution in [0.1, 0.15) is 107 Å². The average Bonchev–Trinajstić information content (AvgIpc) is 3.60. The van der Waals surface area contributed by atoms with Crippen molar-refractivity contribution in [1.82, 2.24) is 0 Å². The largest absolute Gasteiger partial charge is 0.493 e. The number of allylic oxidation sites excluding steroid dienone is 2. The zero-order valence-corrected chi connectivity index (χ0v) is 30.6. The van der Waals surface area contributed by atoms with Gasteiger partial charge in [0.2, 0.25) is 0 Å². The molecule has 3 aliphatic heterocycles. The highest BCUT2D eigenvalue weighted by Gasteiger charge is 2.43. The second kappa shape index (κ2) is 14.3. The number of nitriles is 3. The van der Waals surface area contributed by atoms with E-state index in [2.05, 4.69) is 69.0 Å². The van der Waals surface area contributed by atoms with Crippen molar-refractivity contribution >= 4 is 46.9 Å². The third-order valence-corrected chi connectivity index (χ3v) is 11.1. The molecule has 0 unspecified atom stereocenters. The summed E-state index contributed by atoms with van der Waals surface area (Å²) in [7, 11) is 0. The lowest BCUT2D eigenvalue weighted by molar-refractivity contribution is 0.0954. The first kappa shape index (κ1) is 35.3. The zero-order chi connectivity index (χ0) is 34.7. The fraction of sp³-hybridized carbons (Fsp3) is 0.475. The van der Waals surface area contributed by atoms with E-state index in [-0.39, 0.29) is 27.7 Å². The fourth-order valence-corrected chi connectivity index (χ4v) is 7.95. The molecule has 0 atom stereocenters. The maximum Gasteiger partial charge on any atom is 0.172 e. The second-order valence-corrected chi connectivity index (χ2v) is 16.1. The molecule has 1 aromatic carbocycles. The molecule has 0 amide bonds. The Kier molecular flexibility index (Phi) is 10.5. The summed E-state index contributed by atoms with van der Waals surface area (Å²) in [4.78, 5) is 4.70. The van der Waals surface area contributed by atoms with Crippen LogP contribution >= 0.6 is 22.9 Å². The Bertz CT molecular complexity index is 1800. The van der Waals surface area contributed by atoms with Gasteiger partial charge in [-0.1, -0.05) is 46.6 Å². The number of unbranched alkanes of at least 4 members (excludes halogenated alkanes) is 3. The first-order valence-electron chi connectivity index (χ1n) is 16.9. The minimum atomic E-state index is -0.847. The number of benzene rings is 1. The van der Waals surface area contributed by atoms with Gasteiger partial charge in [-0.25, -0.2) is 0 Å². The van der Waals surface area contributed by atoms with Crippen LogP contribution in [0.15, 0.2) is 46.8 Å². The van der Waals surface area contributed by atoms with Gasteiger partial charge in [-0.3, -0.25) is 0 Å². The molecule has 6 nitrogen and oxygen atoms in total. The molecule has 0 fully saturated rings. The molecular formula is C40H45ClN4O2S. The van der Waals surface area contributed by atoms with Crippen molar-refractivity contribution in [2.75, 3.05) is 30.5 Å². The summed E-state index contributed by atoms with van der Waals surface area (Å²) in [6.45, 7) is 16.0. The third kappa shape index (κ3) is 7.08. The van der Waals surface area contributed by atoms with Crippen LogP contribution in [0.5, 0.6) is 5.75 Å². The van der Waals surface area contributed by atoms with Crippen molar-refractivity contribution in [2.24, 2.45) is 0 Å². The highest BCUT2D eigenvalue weighted by atomic mass is 35.5. The van der Waals surface area contributed by atoms with Gasteiger partial charge in [-0.15, -0.1) is 22.9 Å². The van der Waals surface area contributed by atoms with Gasteiger partial charge in [0.1, 0.15) is 35.1 Å². The summed E-state index contributed by atoms with van der Waals surface area (Å²) < 4.78 is 12.7. The Morgan fingerprint density at radius 1 is 0.917 bits per heavy atom. The third-order valence-electron chi connectivity index (χ3n) is 9.84. The first-order valence-corrected chi connectivity index (χ1v) is 18.2. The van der Waals surface area contributed by atoms with E-state index in [0.717, 1.165) is 72.7 Å². The molecule has 0 N–H and O–H groups in total. The molecule has 3 aliphatic rings. The van der Waals surface area contributed by atoms with Crippen molar-refractivity contribution < 1.29 is 9.47 Å². The van der Waals surface area contributed by atoms with Gasteiger partial charge in [0.15, 0.2) is 11.3 Å². The van der Waals surface area contributed by atoms with Gasteiger partial charge in [0, 0.05) is 51.1 Å². The van der Waals surface area contributed by atoms with Crippen LogP contribution in [0, 0.1) is 34.0 Å². The maximum atomic E-state index is 9.88. The monoisotopic (exact) mass is 680 g/mol. The Hall–Kier alpha value is -3.96. The van der Waals surface area contributed by atoms with Gasteiger partial charge >= 0.3 is 0 Å². The normalized spacial score (nSPS) is 18.8. The summed E-state index contributed by atoms with van der Waals surface area (Å²) in [6, 6.07) is 12.4. The molecule has 0 spiro atoms. The fourth-order valence-electron chi connectivity index (χ4n) is 6.94. The lowest BCUT2D eigenvalue weighted by atomic mass is 9.68. The van der Waals surface area contributed by atoms with Gasteiger partial charge < -0.3 is 14.4 Å². The number of anilines is 1. The van der Waals surface area contributed by atoms with Crippen molar-refractivity contribution in [1.29, 1.82) is 15.8 Å². The summed E-state index contributed by atoms with van der Waals surface area (Å²) in [6.07, 6.45) is 14.7. The molecule has 250 valence electrons. The van der Waals surface area contributed by atoms with E-state index in [4.69, 9.17) is 21.1 Å². The summed E-state index contributed by atoms with van der Waals surface area (Å²) >= 11 is 7.56. The number of hydrogen-bond acceptors (Lipinski definition) is 7. The molecule has 0 saturated carbocycles. The van der Waals surface area contributed by atoms with E-state index in [1.165, 1.54) is 16.8 Å². The van der Waals surface area contributed by atoms with E-state index >= 15 is 0 Å². The number of rotatable bonds is 11. The highest BCUT2D eigenvalue weighted by Crippen LogP contribution is 2.54. The number of ether oxygens (including phenoxy) is 2. The van der Waals surface area contributed by atoms with Gasteiger partial charge in [-0.2, -0.15) is 15.8 Å². The minimum Gasteiger partial charge on any atom is -0.493 e. The second-order valence-electron chi connectivity index (χ2n) is 14.6. The Morgan fingerprint density at radius 3 is 2.21 bits per heavy atom. The molecule has 8 heteroatoms. The summed E-state index contributed by atoms with van der Waals surface area (Å²) in [5.41, 5.74) is 5.16. The highest BCUT2D eigenvalue weighted by molar-refractivity contribution is 7.13. The van der Waals surface area contributed by atoms with Crippen molar-refractivity contribution in [2.45, 2.75) is 96.5 Å². The van der Waals surface area contributed by atoms with Crippen molar-refractivity contribution in [3.05, 3.63) is 73.2 Å². The first-order chi connectivity index (χ1) is 22.9. The quantitative estimate of drug-likeness (QED) is 0.133. The SMILES string of the molecule is CC1(C)OC(=C(C#N)C#N)C(C#N)=C1/C=C/c1ccc(/C=C/c2cc3c4c(c2OCCCCCCCl)C(C)(C)CCN4CCC3(C)C)s1. The molecule has 48 heavy (non-hydrogen) atoms. The average molecular weight is 681 g/mol. The molecule has 0 bridgehead atoms. The van der Waals surface area contributed by atoms with E-state index in [0.29, 0.717) is 18.1 Å². The lowest BCUT2D eigenvalue weighted by Gasteiger charge is -2.49. The molecule has 2 aromatic rings. The van der Waals surface area contributed by atoms with Crippen LogP contribution in [0.4, 0.5) is 5.69 Å². The Labute approximate surface area is 295 Å². The summed E-state index contributed by atoms with van der Waals surface area (Å²) in [5.74, 6) is 1.78. The minimum absolute atomic E-state index is 0.00228. The lowest BCUT2D eigenvalue weighted by Crippen LogP contribution is -2.45. The van der Waals surface area contributed by atoms with Crippen molar-refractivity contribution in [3.63, 3.8) is 0 Å².